The van der Waals surface area contributed by atoms with Crippen LogP contribution in [0.1, 0.15) is 38.2 Å². The number of nitrogens with zero attached hydrogens (tertiary/aromatic N) is 4. The number of nitrogen functional groups attached to an aromatic ring is 1. The maximum absolute atomic E-state index is 13.0. The van der Waals surface area contributed by atoms with Crippen LogP contribution in [-0.4, -0.2) is 53.2 Å². The third-order valence-corrected chi connectivity index (χ3v) is 9.19. The number of aromatic nitrogens is 3. The fraction of sp³-hybridized carbons (Fsp3) is 0.333. The zero-order chi connectivity index (χ0) is 25.4. The number of piperidine rings is 1. The Morgan fingerprint density at radius 1 is 1.00 bits per heavy atom. The quantitative estimate of drug-likeness (QED) is 0.391. The molecule has 5 rings (SSSR count). The van der Waals surface area contributed by atoms with Gasteiger partial charge < -0.3 is 20.5 Å². The summed E-state index contributed by atoms with van der Waals surface area (Å²) in [6.07, 6.45) is 4.27. The number of anilines is 3. The number of nitrogens with two attached hydrogens (primary N) is 1. The van der Waals surface area contributed by atoms with Crippen LogP contribution in [0.25, 0.3) is 16.7 Å². The molecule has 0 spiro atoms. The Labute approximate surface area is 212 Å². The van der Waals surface area contributed by atoms with Gasteiger partial charge in [-0.15, -0.1) is 0 Å². The Morgan fingerprint density at radius 3 is 2.39 bits per heavy atom. The van der Waals surface area contributed by atoms with Gasteiger partial charge in [0, 0.05) is 11.9 Å². The molecule has 36 heavy (non-hydrogen) atoms. The van der Waals surface area contributed by atoms with E-state index in [1.165, 1.54) is 18.4 Å². The van der Waals surface area contributed by atoms with E-state index in [1.807, 2.05) is 16.8 Å². The summed E-state index contributed by atoms with van der Waals surface area (Å²) in [5.74, 6) is 1.15. The minimum absolute atomic E-state index is 0.115. The highest BCUT2D eigenvalue weighted by atomic mass is 32.2. The lowest BCUT2D eigenvalue weighted by Crippen LogP contribution is -2.29. The van der Waals surface area contributed by atoms with Crippen molar-refractivity contribution < 1.29 is 8.42 Å². The largest absolute Gasteiger partial charge is 0.368 e. The molecule has 1 aliphatic rings. The van der Waals surface area contributed by atoms with Gasteiger partial charge in [0.15, 0.2) is 15.7 Å². The van der Waals surface area contributed by atoms with Gasteiger partial charge in [-0.2, -0.15) is 4.98 Å². The van der Waals surface area contributed by atoms with E-state index in [4.69, 9.17) is 5.73 Å². The molecule has 2 aromatic heterocycles. The lowest BCUT2D eigenvalue weighted by Gasteiger charge is -2.29. The number of rotatable bonds is 6. The number of likely N-dealkylation sites (tertiary alicyclic amines) is 1. The number of fused-ring (bicyclic) bond motifs is 1. The zero-order valence-corrected chi connectivity index (χ0v) is 21.7. The van der Waals surface area contributed by atoms with E-state index in [0.717, 1.165) is 24.3 Å². The first-order valence-electron chi connectivity index (χ1n) is 12.3. The molecule has 1 saturated heterocycles. The summed E-state index contributed by atoms with van der Waals surface area (Å²) >= 11 is 0. The number of hydrogen-bond donors (Lipinski definition) is 2. The number of hydrogen-bond acceptors (Lipinski definition) is 7. The molecule has 0 atom stereocenters. The van der Waals surface area contributed by atoms with Crippen LogP contribution in [0, 0.1) is 0 Å². The van der Waals surface area contributed by atoms with Gasteiger partial charge in [-0.1, -0.05) is 24.3 Å². The highest BCUT2D eigenvalue weighted by Crippen LogP contribution is 2.33. The lowest BCUT2D eigenvalue weighted by molar-refractivity contribution is 0.255. The normalized spacial score (nSPS) is 15.6. The van der Waals surface area contributed by atoms with Crippen molar-refractivity contribution in [1.82, 2.24) is 19.4 Å². The van der Waals surface area contributed by atoms with E-state index in [0.29, 0.717) is 22.9 Å². The summed E-state index contributed by atoms with van der Waals surface area (Å²) in [7, 11) is -1.33. The Kier molecular flexibility index (Phi) is 6.44. The maximum Gasteiger partial charge on any atom is 0.222 e. The van der Waals surface area contributed by atoms with E-state index in [-0.39, 0.29) is 10.8 Å². The molecule has 3 N–H and O–H groups in total. The van der Waals surface area contributed by atoms with Crippen molar-refractivity contribution in [3.63, 3.8) is 0 Å². The van der Waals surface area contributed by atoms with E-state index in [9.17, 15) is 8.42 Å². The van der Waals surface area contributed by atoms with Crippen molar-refractivity contribution in [3.8, 4) is 5.69 Å². The Balaban J connectivity index is 1.54. The molecule has 0 saturated carbocycles. The molecule has 1 aliphatic heterocycles. The fourth-order valence-electron chi connectivity index (χ4n) is 4.81. The predicted octanol–water partition coefficient (Wildman–Crippen LogP) is 4.74. The summed E-state index contributed by atoms with van der Waals surface area (Å²) in [5, 5.41) is 2.69. The van der Waals surface area contributed by atoms with E-state index < -0.39 is 15.1 Å². The van der Waals surface area contributed by atoms with Crippen LogP contribution < -0.4 is 11.1 Å². The molecule has 0 bridgehead atoms. The molecule has 8 nitrogen and oxygen atoms in total. The Hall–Kier alpha value is -3.43. The molecule has 1 fully saturated rings. The van der Waals surface area contributed by atoms with Crippen molar-refractivity contribution in [3.05, 3.63) is 66.4 Å². The van der Waals surface area contributed by atoms with Crippen LogP contribution in [0.4, 0.5) is 17.5 Å². The molecule has 188 valence electrons. The molecule has 0 amide bonds. The number of sulfone groups is 1. The Bertz CT molecular complexity index is 1490. The molecular weight excluding hydrogens is 472 g/mol. The summed E-state index contributed by atoms with van der Waals surface area (Å²) in [5.41, 5.74) is 10.2. The third-order valence-electron chi connectivity index (χ3n) is 6.98. The standard InChI is InChI=1S/C27H32N6O2S/c1-18(2)36(34,35)24-7-5-4-6-22(24)29-26-25-23(30-27(28)31-26)14-17-33(25)21-10-8-19(9-11-21)20-12-15-32(3)16-13-20/h4-11,14,17-18,20H,12-13,15-16H2,1-3H3,(H3,28,29,30,31). The SMILES string of the molecule is CC(C)S(=O)(=O)c1ccccc1Nc1nc(N)nc2ccn(-c3ccc(C4CCN(C)CC4)cc3)c12. The molecule has 0 radical (unpaired) electrons. The van der Waals surface area contributed by atoms with Crippen molar-refractivity contribution in [2.24, 2.45) is 0 Å². The van der Waals surface area contributed by atoms with Crippen LogP contribution in [0.2, 0.25) is 0 Å². The Morgan fingerprint density at radius 2 is 1.69 bits per heavy atom. The van der Waals surface area contributed by atoms with Gasteiger partial charge in [-0.25, -0.2) is 13.4 Å². The summed E-state index contributed by atoms with van der Waals surface area (Å²) in [6.45, 7) is 5.59. The minimum Gasteiger partial charge on any atom is -0.368 e. The average molecular weight is 505 g/mol. The van der Waals surface area contributed by atoms with Crippen LogP contribution in [0.3, 0.4) is 0 Å². The van der Waals surface area contributed by atoms with Gasteiger partial charge >= 0.3 is 0 Å². The summed E-state index contributed by atoms with van der Waals surface area (Å²) in [6, 6.07) is 17.4. The summed E-state index contributed by atoms with van der Waals surface area (Å²) in [4.78, 5) is 11.5. The van der Waals surface area contributed by atoms with Crippen LogP contribution in [0.15, 0.2) is 65.7 Å². The van der Waals surface area contributed by atoms with E-state index >= 15 is 0 Å². The van der Waals surface area contributed by atoms with E-state index in [2.05, 4.69) is 51.5 Å². The van der Waals surface area contributed by atoms with Gasteiger partial charge in [0.05, 0.1) is 21.3 Å². The second kappa shape index (κ2) is 9.55. The molecule has 4 aromatic rings. The zero-order valence-electron chi connectivity index (χ0n) is 20.8. The molecule has 0 aliphatic carbocycles. The smallest absolute Gasteiger partial charge is 0.222 e. The third kappa shape index (κ3) is 4.56. The lowest BCUT2D eigenvalue weighted by atomic mass is 9.89. The monoisotopic (exact) mass is 504 g/mol. The molecule has 2 aromatic carbocycles. The van der Waals surface area contributed by atoms with Gasteiger partial charge in [-0.05, 0) is 88.6 Å². The van der Waals surface area contributed by atoms with Crippen molar-refractivity contribution in [2.45, 2.75) is 42.8 Å². The van der Waals surface area contributed by atoms with E-state index in [1.54, 1.807) is 38.1 Å². The van der Waals surface area contributed by atoms with Gasteiger partial charge in [0.1, 0.15) is 5.52 Å². The first kappa shape index (κ1) is 24.3. The van der Waals surface area contributed by atoms with Gasteiger partial charge in [-0.3, -0.25) is 0 Å². The highest BCUT2D eigenvalue weighted by molar-refractivity contribution is 7.92. The second-order valence-electron chi connectivity index (χ2n) is 9.73. The maximum atomic E-state index is 13.0. The predicted molar refractivity (Wildman–Crippen MR) is 145 cm³/mol. The van der Waals surface area contributed by atoms with Gasteiger partial charge in [0.25, 0.3) is 0 Å². The number of benzene rings is 2. The molecule has 9 heteroatoms. The van der Waals surface area contributed by atoms with Crippen molar-refractivity contribution >= 4 is 38.3 Å². The first-order valence-corrected chi connectivity index (χ1v) is 13.8. The van der Waals surface area contributed by atoms with Gasteiger partial charge in [0.2, 0.25) is 5.95 Å². The molecule has 3 heterocycles. The first-order chi connectivity index (χ1) is 17.2. The number of nitrogens with one attached hydrogen (secondary N) is 1. The van der Waals surface area contributed by atoms with Crippen LogP contribution in [0.5, 0.6) is 0 Å². The summed E-state index contributed by atoms with van der Waals surface area (Å²) < 4.78 is 28.0. The van der Waals surface area contributed by atoms with Crippen molar-refractivity contribution in [1.29, 1.82) is 0 Å². The molecule has 0 unspecified atom stereocenters. The molecular formula is C27H32N6O2S. The number of para-hydroxylation sites is 1. The van der Waals surface area contributed by atoms with Crippen LogP contribution >= 0.6 is 0 Å². The fourth-order valence-corrected chi connectivity index (χ4v) is 6.02. The minimum atomic E-state index is -3.51. The highest BCUT2D eigenvalue weighted by Gasteiger charge is 2.24. The topological polar surface area (TPSA) is 106 Å². The van der Waals surface area contributed by atoms with Crippen LogP contribution in [-0.2, 0) is 9.84 Å². The average Bonchev–Trinajstić information content (AvgIpc) is 3.29. The second-order valence-corrected chi connectivity index (χ2v) is 12.2. The van der Waals surface area contributed by atoms with Crippen molar-refractivity contribution in [2.75, 3.05) is 31.2 Å².